The smallest absolute Gasteiger partial charge is 0.0334 e. The molecule has 0 aromatic carbocycles. The summed E-state index contributed by atoms with van der Waals surface area (Å²) in [5, 5.41) is 0. The minimum Gasteiger partial charge on any atom is -0.0776 e. The molecule has 0 saturated carbocycles. The summed E-state index contributed by atoms with van der Waals surface area (Å²) in [6.45, 7) is 11.4. The van der Waals surface area contributed by atoms with E-state index in [0.717, 1.165) is 5.92 Å². The van der Waals surface area contributed by atoms with Gasteiger partial charge in [-0.15, -0.1) is 0 Å². The predicted octanol–water partition coefficient (Wildman–Crippen LogP) is 4.35. The quantitative estimate of drug-likeness (QED) is 0.543. The van der Waals surface area contributed by atoms with Gasteiger partial charge in [0.1, 0.15) is 0 Å². The minimum atomic E-state index is 0. The van der Waals surface area contributed by atoms with Gasteiger partial charge in [-0.2, -0.15) is 0 Å². The Balaban J connectivity index is -0.000000245. The van der Waals surface area contributed by atoms with E-state index in [-0.39, 0.29) is 14.9 Å². The zero-order valence-electron chi connectivity index (χ0n) is 6.78. The normalized spacial score (nSPS) is 10.2. The van der Waals surface area contributed by atoms with Crippen molar-refractivity contribution in [2.45, 2.75) is 55.9 Å². The average Bonchev–Trinajstić information content (AvgIpc) is 1.67. The van der Waals surface area contributed by atoms with Crippen LogP contribution in [0.5, 0.6) is 0 Å². The number of hydrogen-bond donors (Lipinski definition) is 0. The topological polar surface area (TPSA) is 0 Å². The van der Waals surface area contributed by atoms with Crippen LogP contribution < -0.4 is 0 Å². The Morgan fingerprint density at radius 1 is 1.10 bits per heavy atom. The fourth-order valence-electron chi connectivity index (χ4n) is 0.408. The highest BCUT2D eigenvalue weighted by molar-refractivity contribution is 4.69. The van der Waals surface area contributed by atoms with Gasteiger partial charge < -0.3 is 0 Å². The molecule has 0 fully saturated rings. The predicted molar refractivity (Wildman–Crippen MR) is 52.4 cm³/mol. The van der Waals surface area contributed by atoms with Crippen LogP contribution in [-0.2, 0) is 0 Å². The fraction of sp³-hybridized carbons (Fsp3) is 1.00. The first kappa shape index (κ1) is 16.5. The van der Waals surface area contributed by atoms with Gasteiger partial charge in [-0.25, -0.2) is 0 Å². The molecule has 0 spiro atoms. The Bertz CT molecular complexity index is 60.4. The third kappa shape index (κ3) is 4.84. The van der Waals surface area contributed by atoms with Crippen LogP contribution in [0, 0.1) is 11.3 Å². The monoisotopic (exact) mass is 146 g/mol. The fourth-order valence-corrected chi connectivity index (χ4v) is 0.408. The maximum absolute atomic E-state index is 2.32. The lowest BCUT2D eigenvalue weighted by atomic mass is 9.79. The second kappa shape index (κ2) is 5.76. The molecule has 0 radical (unpaired) electrons. The van der Waals surface area contributed by atoms with Crippen LogP contribution in [0.2, 0.25) is 0 Å². The molecule has 0 aliphatic heterocycles. The van der Waals surface area contributed by atoms with Crippen molar-refractivity contribution in [3.63, 3.8) is 0 Å². The van der Waals surface area contributed by atoms with E-state index in [1.165, 1.54) is 6.42 Å². The van der Waals surface area contributed by atoms with Gasteiger partial charge in [-0.05, 0) is 11.3 Å². The van der Waals surface area contributed by atoms with E-state index >= 15 is 0 Å². The van der Waals surface area contributed by atoms with Crippen molar-refractivity contribution in [2.24, 2.45) is 11.3 Å². The third-order valence-electron chi connectivity index (χ3n) is 2.47. The Labute approximate surface area is 68.0 Å². The van der Waals surface area contributed by atoms with E-state index < -0.39 is 0 Å². The summed E-state index contributed by atoms with van der Waals surface area (Å²) in [5.41, 5.74) is 0.542. The molecule has 0 N–H and O–H groups in total. The Kier molecular flexibility index (Phi) is 9.52. The molecule has 0 aromatic rings. The van der Waals surface area contributed by atoms with Crippen molar-refractivity contribution in [3.05, 3.63) is 0 Å². The Morgan fingerprint density at radius 2 is 1.40 bits per heavy atom. The standard InChI is InChI=1S/C8H18.2CH4/c1-6-8(4,5)7(2)3;;/h7H,6H2,1-5H3;2*1H4. The molecule has 0 nitrogen and oxygen atoms in total. The Hall–Kier alpha value is 0. The van der Waals surface area contributed by atoms with Crippen LogP contribution in [0.3, 0.4) is 0 Å². The van der Waals surface area contributed by atoms with Crippen molar-refractivity contribution >= 4 is 0 Å². The summed E-state index contributed by atoms with van der Waals surface area (Å²) in [4.78, 5) is 0. The SMILES string of the molecule is C.C.CCC(C)(C)C(C)C. The molecule has 66 valence electrons. The van der Waals surface area contributed by atoms with E-state index in [9.17, 15) is 0 Å². The van der Waals surface area contributed by atoms with Crippen LogP contribution in [0.4, 0.5) is 0 Å². The van der Waals surface area contributed by atoms with E-state index in [4.69, 9.17) is 0 Å². The molecular formula is C10H26. The Morgan fingerprint density at radius 3 is 1.40 bits per heavy atom. The zero-order chi connectivity index (χ0) is 6.78. The number of rotatable bonds is 2. The van der Waals surface area contributed by atoms with Gasteiger partial charge in [-0.3, -0.25) is 0 Å². The van der Waals surface area contributed by atoms with Crippen molar-refractivity contribution in [1.29, 1.82) is 0 Å². The minimum absolute atomic E-state index is 0. The van der Waals surface area contributed by atoms with Crippen LogP contribution >= 0.6 is 0 Å². The first-order chi connectivity index (χ1) is 3.50. The molecule has 0 saturated heterocycles. The lowest BCUT2D eigenvalue weighted by molar-refractivity contribution is 0.240. The van der Waals surface area contributed by atoms with E-state index in [0.29, 0.717) is 5.41 Å². The summed E-state index contributed by atoms with van der Waals surface area (Å²) in [5.74, 6) is 0.812. The molecule has 0 rings (SSSR count). The summed E-state index contributed by atoms with van der Waals surface area (Å²) < 4.78 is 0. The molecule has 0 aliphatic rings. The summed E-state index contributed by atoms with van der Waals surface area (Å²) >= 11 is 0. The first-order valence-corrected chi connectivity index (χ1v) is 3.50. The van der Waals surface area contributed by atoms with Crippen molar-refractivity contribution in [1.82, 2.24) is 0 Å². The van der Waals surface area contributed by atoms with Gasteiger partial charge in [0.05, 0.1) is 0 Å². The van der Waals surface area contributed by atoms with E-state index in [1.807, 2.05) is 0 Å². The molecule has 0 heterocycles. The summed E-state index contributed by atoms with van der Waals surface area (Å²) in [7, 11) is 0. The second-order valence-corrected chi connectivity index (χ2v) is 3.50. The molecule has 0 atom stereocenters. The van der Waals surface area contributed by atoms with Crippen LogP contribution in [0.1, 0.15) is 55.9 Å². The molecule has 0 heteroatoms. The average molecular weight is 146 g/mol. The van der Waals surface area contributed by atoms with Gasteiger partial charge in [-0.1, -0.05) is 55.9 Å². The van der Waals surface area contributed by atoms with Crippen molar-refractivity contribution in [2.75, 3.05) is 0 Å². The first-order valence-electron chi connectivity index (χ1n) is 3.50. The van der Waals surface area contributed by atoms with Crippen LogP contribution in [0.25, 0.3) is 0 Å². The number of hydrogen-bond acceptors (Lipinski definition) is 0. The molecule has 0 unspecified atom stereocenters. The van der Waals surface area contributed by atoms with Gasteiger partial charge in [0.15, 0.2) is 0 Å². The van der Waals surface area contributed by atoms with E-state index in [2.05, 4.69) is 34.6 Å². The van der Waals surface area contributed by atoms with E-state index in [1.54, 1.807) is 0 Å². The van der Waals surface area contributed by atoms with Gasteiger partial charge in [0.25, 0.3) is 0 Å². The maximum atomic E-state index is 2.32. The van der Waals surface area contributed by atoms with Crippen molar-refractivity contribution < 1.29 is 0 Å². The molecule has 0 aliphatic carbocycles. The molecule has 0 aromatic heterocycles. The van der Waals surface area contributed by atoms with Crippen LogP contribution in [0.15, 0.2) is 0 Å². The largest absolute Gasteiger partial charge is 0.0776 e. The second-order valence-electron chi connectivity index (χ2n) is 3.50. The highest BCUT2D eigenvalue weighted by Crippen LogP contribution is 2.28. The molecule has 0 bridgehead atoms. The third-order valence-corrected chi connectivity index (χ3v) is 2.47. The molecule has 10 heavy (non-hydrogen) atoms. The molecule has 0 amide bonds. The molecular weight excluding hydrogens is 120 g/mol. The lowest BCUT2D eigenvalue weighted by Gasteiger charge is -2.27. The van der Waals surface area contributed by atoms with Crippen molar-refractivity contribution in [3.8, 4) is 0 Å². The maximum Gasteiger partial charge on any atom is -0.0334 e. The summed E-state index contributed by atoms with van der Waals surface area (Å²) in [6, 6.07) is 0. The summed E-state index contributed by atoms with van der Waals surface area (Å²) in [6.07, 6.45) is 1.28. The highest BCUT2D eigenvalue weighted by atomic mass is 14.2. The van der Waals surface area contributed by atoms with Gasteiger partial charge in [0.2, 0.25) is 0 Å². The zero-order valence-corrected chi connectivity index (χ0v) is 6.78. The van der Waals surface area contributed by atoms with Crippen LogP contribution in [-0.4, -0.2) is 0 Å². The highest BCUT2D eigenvalue weighted by Gasteiger charge is 2.18. The van der Waals surface area contributed by atoms with Gasteiger partial charge in [0, 0.05) is 0 Å². The van der Waals surface area contributed by atoms with Gasteiger partial charge >= 0.3 is 0 Å². The lowest BCUT2D eigenvalue weighted by Crippen LogP contribution is -2.17.